The lowest BCUT2D eigenvalue weighted by molar-refractivity contribution is 0.0616. The summed E-state index contributed by atoms with van der Waals surface area (Å²) in [5.74, 6) is -1.72. The van der Waals surface area contributed by atoms with Gasteiger partial charge in [-0.3, -0.25) is 4.79 Å². The molecule has 23 heavy (non-hydrogen) atoms. The van der Waals surface area contributed by atoms with Gasteiger partial charge in [-0.1, -0.05) is 6.07 Å². The van der Waals surface area contributed by atoms with Gasteiger partial charge >= 0.3 is 0 Å². The van der Waals surface area contributed by atoms with E-state index in [4.69, 9.17) is 5.73 Å². The molecule has 0 aliphatic carbocycles. The largest absolute Gasteiger partial charge is 0.333 e. The maximum Gasteiger partial charge on any atom is 0.274 e. The van der Waals surface area contributed by atoms with Crippen LogP contribution in [0.4, 0.5) is 8.78 Å². The van der Waals surface area contributed by atoms with Crippen LogP contribution >= 0.6 is 0 Å². The van der Waals surface area contributed by atoms with Crippen molar-refractivity contribution in [2.24, 2.45) is 5.73 Å². The summed E-state index contributed by atoms with van der Waals surface area (Å²) in [4.78, 5) is 14.3. The number of rotatable bonds is 3. The zero-order chi connectivity index (χ0) is 16.4. The summed E-state index contributed by atoms with van der Waals surface area (Å²) in [6, 6.07) is 5.04. The van der Waals surface area contributed by atoms with Gasteiger partial charge in [0.05, 0.1) is 0 Å². The lowest BCUT2D eigenvalue weighted by Crippen LogP contribution is -2.47. The van der Waals surface area contributed by atoms with Crippen LogP contribution in [0.15, 0.2) is 30.5 Å². The molecule has 3 rings (SSSR count). The second-order valence-electron chi connectivity index (χ2n) is 5.60. The normalized spacial score (nSPS) is 18.2. The summed E-state index contributed by atoms with van der Waals surface area (Å²) in [5.41, 5.74) is 5.60. The van der Waals surface area contributed by atoms with Crippen molar-refractivity contribution in [2.45, 2.75) is 25.3 Å². The number of para-hydroxylation sites is 1. The summed E-state index contributed by atoms with van der Waals surface area (Å²) < 4.78 is 28.7. The molecule has 0 radical (unpaired) electrons. The smallest absolute Gasteiger partial charge is 0.274 e. The molecule has 1 amide bonds. The molecule has 0 bridgehead atoms. The molecule has 0 saturated carbocycles. The number of carbonyl (C=O) groups is 1. The SMILES string of the molecule is NC[C@H]1CCCCN1C(=O)c1ccn(-c2c(F)cccc2F)n1. The third-order valence-electron chi connectivity index (χ3n) is 4.13. The van der Waals surface area contributed by atoms with E-state index in [1.165, 1.54) is 18.3 Å². The molecule has 1 aromatic carbocycles. The molecule has 122 valence electrons. The van der Waals surface area contributed by atoms with Crippen LogP contribution in [0.25, 0.3) is 5.69 Å². The van der Waals surface area contributed by atoms with E-state index < -0.39 is 11.6 Å². The second-order valence-corrected chi connectivity index (χ2v) is 5.60. The van der Waals surface area contributed by atoms with Crippen molar-refractivity contribution in [1.82, 2.24) is 14.7 Å². The van der Waals surface area contributed by atoms with Gasteiger partial charge in [0, 0.05) is 25.3 Å². The fraction of sp³-hybridized carbons (Fsp3) is 0.375. The number of carbonyl (C=O) groups excluding carboxylic acids is 1. The first-order valence-electron chi connectivity index (χ1n) is 7.63. The first kappa shape index (κ1) is 15.6. The minimum atomic E-state index is -0.732. The van der Waals surface area contributed by atoms with Gasteiger partial charge in [-0.2, -0.15) is 5.10 Å². The first-order chi connectivity index (χ1) is 11.1. The zero-order valence-electron chi connectivity index (χ0n) is 12.6. The average Bonchev–Trinajstić information content (AvgIpc) is 3.03. The number of likely N-dealkylation sites (tertiary alicyclic amines) is 1. The molecule has 2 N–H and O–H groups in total. The lowest BCUT2D eigenvalue weighted by Gasteiger charge is -2.34. The predicted molar refractivity (Wildman–Crippen MR) is 81.2 cm³/mol. The molecular weight excluding hydrogens is 302 g/mol. The third-order valence-corrected chi connectivity index (χ3v) is 4.13. The van der Waals surface area contributed by atoms with Gasteiger partial charge < -0.3 is 10.6 Å². The van der Waals surface area contributed by atoms with E-state index in [0.29, 0.717) is 13.1 Å². The van der Waals surface area contributed by atoms with Gasteiger partial charge in [-0.05, 0) is 37.5 Å². The monoisotopic (exact) mass is 320 g/mol. The summed E-state index contributed by atoms with van der Waals surface area (Å²) >= 11 is 0. The van der Waals surface area contributed by atoms with Gasteiger partial charge in [-0.25, -0.2) is 13.5 Å². The van der Waals surface area contributed by atoms with E-state index in [2.05, 4.69) is 5.10 Å². The summed E-state index contributed by atoms with van der Waals surface area (Å²) in [7, 11) is 0. The number of nitrogens with zero attached hydrogens (tertiary/aromatic N) is 3. The minimum absolute atomic E-state index is 0.00778. The Morgan fingerprint density at radius 2 is 2.00 bits per heavy atom. The number of amides is 1. The summed E-state index contributed by atoms with van der Waals surface area (Å²) in [5, 5.41) is 4.05. The molecule has 1 aromatic heterocycles. The molecular formula is C16H18F2N4O. The van der Waals surface area contributed by atoms with Crippen LogP contribution in [0.2, 0.25) is 0 Å². The van der Waals surface area contributed by atoms with Crippen molar-refractivity contribution in [3.05, 3.63) is 47.8 Å². The molecule has 2 heterocycles. The van der Waals surface area contributed by atoms with E-state index in [-0.39, 0.29) is 23.3 Å². The highest BCUT2D eigenvalue weighted by molar-refractivity contribution is 5.92. The average molecular weight is 320 g/mol. The molecule has 1 saturated heterocycles. The quantitative estimate of drug-likeness (QED) is 0.942. The van der Waals surface area contributed by atoms with Crippen molar-refractivity contribution in [3.8, 4) is 5.69 Å². The van der Waals surface area contributed by atoms with E-state index in [1.54, 1.807) is 4.90 Å². The zero-order valence-corrected chi connectivity index (χ0v) is 12.6. The summed E-state index contributed by atoms with van der Waals surface area (Å²) in [6.45, 7) is 1.02. The van der Waals surface area contributed by atoms with Gasteiger partial charge in [0.1, 0.15) is 5.69 Å². The minimum Gasteiger partial charge on any atom is -0.333 e. The highest BCUT2D eigenvalue weighted by Crippen LogP contribution is 2.20. The van der Waals surface area contributed by atoms with Crippen molar-refractivity contribution in [2.75, 3.05) is 13.1 Å². The molecule has 1 aliphatic rings. The Morgan fingerprint density at radius 3 is 2.70 bits per heavy atom. The molecule has 1 aliphatic heterocycles. The highest BCUT2D eigenvalue weighted by Gasteiger charge is 2.28. The van der Waals surface area contributed by atoms with E-state index >= 15 is 0 Å². The van der Waals surface area contributed by atoms with Gasteiger partial charge in [0.2, 0.25) is 0 Å². The molecule has 0 spiro atoms. The van der Waals surface area contributed by atoms with Gasteiger partial charge in [0.15, 0.2) is 17.3 Å². The number of hydrogen-bond acceptors (Lipinski definition) is 3. The number of hydrogen-bond donors (Lipinski definition) is 1. The Bertz CT molecular complexity index is 696. The second kappa shape index (κ2) is 6.45. The van der Waals surface area contributed by atoms with Crippen molar-refractivity contribution in [3.63, 3.8) is 0 Å². The fourth-order valence-electron chi connectivity index (χ4n) is 2.93. The van der Waals surface area contributed by atoms with Crippen LogP contribution in [0.1, 0.15) is 29.8 Å². The van der Waals surface area contributed by atoms with Crippen molar-refractivity contribution in [1.29, 1.82) is 0 Å². The Labute approximate surface area is 132 Å². The Morgan fingerprint density at radius 1 is 1.26 bits per heavy atom. The molecule has 2 aromatic rings. The topological polar surface area (TPSA) is 64.2 Å². The van der Waals surface area contributed by atoms with Gasteiger partial charge in [0.25, 0.3) is 5.91 Å². The predicted octanol–water partition coefficient (Wildman–Crippen LogP) is 2.10. The van der Waals surface area contributed by atoms with Crippen LogP contribution in [-0.2, 0) is 0 Å². The molecule has 0 unspecified atom stereocenters. The van der Waals surface area contributed by atoms with Crippen molar-refractivity contribution >= 4 is 5.91 Å². The maximum absolute atomic E-state index is 13.8. The molecule has 5 nitrogen and oxygen atoms in total. The molecule has 1 fully saturated rings. The number of aromatic nitrogens is 2. The number of halogens is 2. The number of nitrogens with two attached hydrogens (primary N) is 1. The van der Waals surface area contributed by atoms with Crippen LogP contribution in [0.5, 0.6) is 0 Å². The molecule has 7 heteroatoms. The third kappa shape index (κ3) is 2.96. The standard InChI is InChI=1S/C16H18F2N4O/c17-12-5-3-6-13(18)15(12)22-9-7-14(20-22)16(23)21-8-2-1-4-11(21)10-19/h3,5-7,9,11H,1-2,4,8,10,19H2/t11-/m1/s1. The van der Waals surface area contributed by atoms with Gasteiger partial charge in [-0.15, -0.1) is 0 Å². The Hall–Kier alpha value is -2.28. The Balaban J connectivity index is 1.88. The van der Waals surface area contributed by atoms with Crippen LogP contribution in [-0.4, -0.2) is 39.7 Å². The first-order valence-corrected chi connectivity index (χ1v) is 7.63. The number of piperidine rings is 1. The lowest BCUT2D eigenvalue weighted by atomic mass is 10.0. The van der Waals surface area contributed by atoms with Crippen molar-refractivity contribution < 1.29 is 13.6 Å². The fourth-order valence-corrected chi connectivity index (χ4v) is 2.93. The van der Waals surface area contributed by atoms with E-state index in [9.17, 15) is 13.6 Å². The Kier molecular flexibility index (Phi) is 4.38. The van der Waals surface area contributed by atoms with Crippen LogP contribution < -0.4 is 5.73 Å². The highest BCUT2D eigenvalue weighted by atomic mass is 19.1. The van der Waals surface area contributed by atoms with Crippen LogP contribution in [0, 0.1) is 11.6 Å². The summed E-state index contributed by atoms with van der Waals surface area (Å²) in [6.07, 6.45) is 4.21. The molecule has 1 atom stereocenters. The van der Waals surface area contributed by atoms with E-state index in [1.807, 2.05) is 0 Å². The number of benzene rings is 1. The van der Waals surface area contributed by atoms with Crippen LogP contribution in [0.3, 0.4) is 0 Å². The maximum atomic E-state index is 13.8. The van der Waals surface area contributed by atoms with E-state index in [0.717, 1.165) is 36.1 Å².